The second kappa shape index (κ2) is 7.10. The zero-order chi connectivity index (χ0) is 13.7. The van der Waals surface area contributed by atoms with Crippen molar-refractivity contribution in [2.75, 3.05) is 13.2 Å². The number of rotatable bonds is 5. The molecule has 1 fully saturated rings. The number of aliphatic hydroxyl groups is 2. The molecule has 2 N–H and O–H groups in total. The molecule has 0 aromatic carbocycles. The van der Waals surface area contributed by atoms with E-state index in [2.05, 4.69) is 20.8 Å². The number of esters is 1. The van der Waals surface area contributed by atoms with E-state index in [9.17, 15) is 9.90 Å². The van der Waals surface area contributed by atoms with Gasteiger partial charge in [0.15, 0.2) is 0 Å². The van der Waals surface area contributed by atoms with Crippen LogP contribution in [0.15, 0.2) is 0 Å². The SMILES string of the molecule is CC(C)[C@@H]1CC[C@@H](C)CC1C(=O)OCC(O)CO. The summed E-state index contributed by atoms with van der Waals surface area (Å²) in [6.45, 7) is 5.97. The molecule has 4 nitrogen and oxygen atoms in total. The second-order valence-corrected chi connectivity index (χ2v) is 5.90. The minimum atomic E-state index is -0.965. The van der Waals surface area contributed by atoms with Gasteiger partial charge in [-0.3, -0.25) is 4.79 Å². The Labute approximate surface area is 109 Å². The maximum Gasteiger partial charge on any atom is 0.309 e. The fourth-order valence-electron chi connectivity index (χ4n) is 2.81. The molecule has 1 aliphatic rings. The first-order valence-corrected chi connectivity index (χ1v) is 6.91. The summed E-state index contributed by atoms with van der Waals surface area (Å²) in [7, 11) is 0. The van der Waals surface area contributed by atoms with Gasteiger partial charge in [-0.15, -0.1) is 0 Å². The van der Waals surface area contributed by atoms with Crippen LogP contribution in [0.1, 0.15) is 40.0 Å². The molecule has 0 radical (unpaired) electrons. The number of hydrogen-bond donors (Lipinski definition) is 2. The highest BCUT2D eigenvalue weighted by Crippen LogP contribution is 2.38. The molecule has 1 aliphatic carbocycles. The lowest BCUT2D eigenvalue weighted by molar-refractivity contribution is -0.157. The smallest absolute Gasteiger partial charge is 0.309 e. The van der Waals surface area contributed by atoms with Gasteiger partial charge in [-0.1, -0.05) is 27.2 Å². The van der Waals surface area contributed by atoms with Crippen LogP contribution in [-0.4, -0.2) is 35.5 Å². The van der Waals surface area contributed by atoms with E-state index in [1.807, 2.05) is 0 Å². The van der Waals surface area contributed by atoms with E-state index in [1.165, 1.54) is 6.42 Å². The van der Waals surface area contributed by atoms with E-state index in [1.54, 1.807) is 0 Å². The van der Waals surface area contributed by atoms with Crippen molar-refractivity contribution in [1.82, 2.24) is 0 Å². The summed E-state index contributed by atoms with van der Waals surface area (Å²) in [5.41, 5.74) is 0. The Bertz CT molecular complexity index is 265. The fourth-order valence-corrected chi connectivity index (χ4v) is 2.81. The summed E-state index contributed by atoms with van der Waals surface area (Å²) < 4.78 is 5.11. The van der Waals surface area contributed by atoms with Gasteiger partial charge < -0.3 is 14.9 Å². The Morgan fingerprint density at radius 3 is 2.61 bits per heavy atom. The summed E-state index contributed by atoms with van der Waals surface area (Å²) in [5.74, 6) is 1.13. The first-order chi connectivity index (χ1) is 8.45. The van der Waals surface area contributed by atoms with Crippen LogP contribution in [0.4, 0.5) is 0 Å². The number of ether oxygens (including phenoxy) is 1. The van der Waals surface area contributed by atoms with Crippen molar-refractivity contribution in [2.45, 2.75) is 46.1 Å². The minimum absolute atomic E-state index is 0.0559. The molecule has 4 heteroatoms. The van der Waals surface area contributed by atoms with E-state index in [0.29, 0.717) is 17.8 Å². The van der Waals surface area contributed by atoms with Crippen molar-refractivity contribution in [3.63, 3.8) is 0 Å². The normalized spacial score (nSPS) is 30.2. The molecule has 4 atom stereocenters. The molecule has 0 saturated heterocycles. The maximum atomic E-state index is 12.1. The Hall–Kier alpha value is -0.610. The number of aliphatic hydroxyl groups excluding tert-OH is 2. The van der Waals surface area contributed by atoms with Crippen molar-refractivity contribution < 1.29 is 19.7 Å². The van der Waals surface area contributed by atoms with E-state index < -0.39 is 6.10 Å². The van der Waals surface area contributed by atoms with Gasteiger partial charge in [0.25, 0.3) is 0 Å². The van der Waals surface area contributed by atoms with Gasteiger partial charge in [0.1, 0.15) is 12.7 Å². The monoisotopic (exact) mass is 258 g/mol. The number of carbonyl (C=O) groups excluding carboxylic acids is 1. The topological polar surface area (TPSA) is 66.8 Å². The Morgan fingerprint density at radius 2 is 2.06 bits per heavy atom. The molecular weight excluding hydrogens is 232 g/mol. The standard InChI is InChI=1S/C14H26O4/c1-9(2)12-5-4-10(3)6-13(12)14(17)18-8-11(16)7-15/h9-13,15-16H,4-8H2,1-3H3/t10-,11?,12+,13?/m1/s1. The maximum absolute atomic E-state index is 12.1. The number of hydrogen-bond acceptors (Lipinski definition) is 4. The average Bonchev–Trinajstić information content (AvgIpc) is 2.34. The van der Waals surface area contributed by atoms with Crippen LogP contribution in [0.5, 0.6) is 0 Å². The van der Waals surface area contributed by atoms with Crippen molar-refractivity contribution in [2.24, 2.45) is 23.7 Å². The molecule has 0 bridgehead atoms. The summed E-state index contributed by atoms with van der Waals surface area (Å²) >= 11 is 0. The van der Waals surface area contributed by atoms with Gasteiger partial charge in [-0.05, 0) is 30.6 Å². The van der Waals surface area contributed by atoms with Crippen LogP contribution in [0.3, 0.4) is 0 Å². The first kappa shape index (κ1) is 15.4. The summed E-state index contributed by atoms with van der Waals surface area (Å²) in [5, 5.41) is 17.9. The average molecular weight is 258 g/mol. The molecule has 0 heterocycles. The number of carbonyl (C=O) groups is 1. The van der Waals surface area contributed by atoms with Gasteiger partial charge in [-0.25, -0.2) is 0 Å². The van der Waals surface area contributed by atoms with Crippen molar-refractivity contribution in [3.05, 3.63) is 0 Å². The van der Waals surface area contributed by atoms with Crippen LogP contribution >= 0.6 is 0 Å². The molecular formula is C14H26O4. The predicted octanol–water partition coefficient (Wildman–Crippen LogP) is 1.59. The molecule has 0 aromatic heterocycles. The van der Waals surface area contributed by atoms with E-state index in [4.69, 9.17) is 9.84 Å². The third-order valence-electron chi connectivity index (χ3n) is 3.95. The van der Waals surface area contributed by atoms with Crippen LogP contribution in [0.2, 0.25) is 0 Å². The predicted molar refractivity (Wildman–Crippen MR) is 68.9 cm³/mol. The van der Waals surface area contributed by atoms with Crippen LogP contribution < -0.4 is 0 Å². The Kier molecular flexibility index (Phi) is 6.09. The summed E-state index contributed by atoms with van der Waals surface area (Å²) in [4.78, 5) is 12.1. The molecule has 1 rings (SSSR count). The minimum Gasteiger partial charge on any atom is -0.463 e. The Balaban J connectivity index is 2.55. The van der Waals surface area contributed by atoms with E-state index in [-0.39, 0.29) is 25.1 Å². The van der Waals surface area contributed by atoms with E-state index >= 15 is 0 Å². The highest BCUT2D eigenvalue weighted by atomic mass is 16.5. The van der Waals surface area contributed by atoms with Crippen molar-refractivity contribution >= 4 is 5.97 Å². The molecule has 0 aliphatic heterocycles. The van der Waals surface area contributed by atoms with E-state index in [0.717, 1.165) is 12.8 Å². The molecule has 0 amide bonds. The van der Waals surface area contributed by atoms with Gasteiger partial charge in [0.05, 0.1) is 12.5 Å². The molecule has 0 aromatic rings. The second-order valence-electron chi connectivity index (χ2n) is 5.90. The highest BCUT2D eigenvalue weighted by molar-refractivity contribution is 5.73. The lowest BCUT2D eigenvalue weighted by atomic mass is 9.70. The molecule has 0 spiro atoms. The van der Waals surface area contributed by atoms with Gasteiger partial charge >= 0.3 is 5.97 Å². The zero-order valence-corrected chi connectivity index (χ0v) is 11.6. The van der Waals surface area contributed by atoms with Crippen LogP contribution in [0, 0.1) is 23.7 Å². The molecule has 18 heavy (non-hydrogen) atoms. The molecule has 1 saturated carbocycles. The van der Waals surface area contributed by atoms with Gasteiger partial charge in [0.2, 0.25) is 0 Å². The van der Waals surface area contributed by atoms with Gasteiger partial charge in [0, 0.05) is 0 Å². The fraction of sp³-hybridized carbons (Fsp3) is 0.929. The quantitative estimate of drug-likeness (QED) is 0.735. The third-order valence-corrected chi connectivity index (χ3v) is 3.95. The van der Waals surface area contributed by atoms with Crippen molar-refractivity contribution in [1.29, 1.82) is 0 Å². The van der Waals surface area contributed by atoms with Crippen LogP contribution in [0.25, 0.3) is 0 Å². The zero-order valence-electron chi connectivity index (χ0n) is 11.6. The van der Waals surface area contributed by atoms with Gasteiger partial charge in [-0.2, -0.15) is 0 Å². The van der Waals surface area contributed by atoms with Crippen molar-refractivity contribution in [3.8, 4) is 0 Å². The molecule has 2 unspecified atom stereocenters. The first-order valence-electron chi connectivity index (χ1n) is 6.91. The highest BCUT2D eigenvalue weighted by Gasteiger charge is 2.36. The molecule has 106 valence electrons. The lowest BCUT2D eigenvalue weighted by Crippen LogP contribution is -2.35. The third kappa shape index (κ3) is 4.25. The van der Waals surface area contributed by atoms with Crippen LogP contribution in [-0.2, 0) is 9.53 Å². The summed E-state index contributed by atoms with van der Waals surface area (Å²) in [6.07, 6.45) is 2.15. The summed E-state index contributed by atoms with van der Waals surface area (Å²) in [6, 6.07) is 0. The largest absolute Gasteiger partial charge is 0.463 e. The lowest BCUT2D eigenvalue weighted by Gasteiger charge is -2.35. The Morgan fingerprint density at radius 1 is 1.39 bits per heavy atom.